The van der Waals surface area contributed by atoms with Crippen LogP contribution in [0.3, 0.4) is 0 Å². The average molecular weight is 398 g/mol. The summed E-state index contributed by atoms with van der Waals surface area (Å²) >= 11 is 0. The van der Waals surface area contributed by atoms with Gasteiger partial charge in [-0.25, -0.2) is 4.99 Å². The first-order valence-electron chi connectivity index (χ1n) is 6.83. The molecule has 0 spiro atoms. The van der Waals surface area contributed by atoms with Crippen LogP contribution in [0.15, 0.2) is 47.6 Å². The van der Waals surface area contributed by atoms with Crippen molar-refractivity contribution in [3.05, 3.63) is 53.9 Å². The van der Waals surface area contributed by atoms with Crippen molar-refractivity contribution in [1.82, 2.24) is 4.57 Å². The number of halogens is 1. The van der Waals surface area contributed by atoms with Gasteiger partial charge in [0.15, 0.2) is 5.96 Å². The van der Waals surface area contributed by atoms with E-state index in [0.29, 0.717) is 18.4 Å². The maximum atomic E-state index is 5.93. The van der Waals surface area contributed by atoms with Gasteiger partial charge in [-0.15, -0.1) is 24.0 Å². The third kappa shape index (κ3) is 5.08. The van der Waals surface area contributed by atoms with Gasteiger partial charge in [-0.2, -0.15) is 0 Å². The van der Waals surface area contributed by atoms with Crippen LogP contribution in [0, 0.1) is 0 Å². The molecule has 0 saturated carbocycles. The molecule has 0 aliphatic rings. The molecule has 4 nitrogen and oxygen atoms in total. The molecule has 0 aliphatic carbocycles. The fourth-order valence-electron chi connectivity index (χ4n) is 1.99. The lowest BCUT2D eigenvalue weighted by Gasteiger charge is -2.10. The first-order valence-corrected chi connectivity index (χ1v) is 6.83. The maximum Gasteiger partial charge on any atom is 0.193 e. The van der Waals surface area contributed by atoms with Crippen LogP contribution >= 0.6 is 24.0 Å². The van der Waals surface area contributed by atoms with E-state index in [4.69, 9.17) is 5.73 Å². The van der Waals surface area contributed by atoms with Crippen LogP contribution in [-0.2, 0) is 13.6 Å². The van der Waals surface area contributed by atoms with Crippen molar-refractivity contribution < 1.29 is 0 Å². The summed E-state index contributed by atoms with van der Waals surface area (Å²) in [6, 6.07) is 12.3. The maximum absolute atomic E-state index is 5.93. The highest BCUT2D eigenvalue weighted by molar-refractivity contribution is 14.0. The van der Waals surface area contributed by atoms with Gasteiger partial charge < -0.3 is 15.6 Å². The first-order chi connectivity index (χ1) is 9.56. The van der Waals surface area contributed by atoms with E-state index in [9.17, 15) is 0 Å². The van der Waals surface area contributed by atoms with Gasteiger partial charge >= 0.3 is 0 Å². The highest BCUT2D eigenvalue weighted by Crippen LogP contribution is 2.18. The zero-order chi connectivity index (χ0) is 14.5. The number of hydrogen-bond donors (Lipinski definition) is 2. The fraction of sp³-hybridized carbons (Fsp3) is 0.312. The van der Waals surface area contributed by atoms with E-state index in [1.807, 2.05) is 42.1 Å². The normalized spacial score (nSPS) is 11.3. The molecule has 0 radical (unpaired) electrons. The molecule has 1 heterocycles. The molecule has 0 unspecified atom stereocenters. The van der Waals surface area contributed by atoms with Crippen molar-refractivity contribution in [3.8, 4) is 0 Å². The van der Waals surface area contributed by atoms with Crippen LogP contribution < -0.4 is 11.1 Å². The Balaban J connectivity index is 0.00000220. The Morgan fingerprint density at radius 2 is 2.05 bits per heavy atom. The zero-order valence-corrected chi connectivity index (χ0v) is 15.0. The average Bonchev–Trinajstić information content (AvgIpc) is 2.82. The Kier molecular flexibility index (Phi) is 6.74. The highest BCUT2D eigenvalue weighted by Gasteiger charge is 2.01. The smallest absolute Gasteiger partial charge is 0.193 e. The van der Waals surface area contributed by atoms with Crippen molar-refractivity contribution in [3.63, 3.8) is 0 Å². The van der Waals surface area contributed by atoms with Crippen molar-refractivity contribution >= 4 is 35.6 Å². The van der Waals surface area contributed by atoms with Crippen LogP contribution in [0.25, 0.3) is 0 Å². The minimum atomic E-state index is 0. The van der Waals surface area contributed by atoms with E-state index in [-0.39, 0.29) is 24.0 Å². The Morgan fingerprint density at radius 1 is 1.29 bits per heavy atom. The molecule has 0 amide bonds. The minimum absolute atomic E-state index is 0. The van der Waals surface area contributed by atoms with E-state index in [1.165, 1.54) is 5.56 Å². The van der Waals surface area contributed by atoms with Crippen molar-refractivity contribution in [2.45, 2.75) is 26.3 Å². The van der Waals surface area contributed by atoms with Crippen molar-refractivity contribution in [2.75, 3.05) is 5.32 Å². The Morgan fingerprint density at radius 3 is 2.67 bits per heavy atom. The second-order valence-corrected chi connectivity index (χ2v) is 5.22. The lowest BCUT2D eigenvalue weighted by molar-refractivity contribution is 0.824. The molecule has 1 aromatic heterocycles. The van der Waals surface area contributed by atoms with E-state index in [2.05, 4.69) is 36.3 Å². The number of aromatic nitrogens is 1. The van der Waals surface area contributed by atoms with Gasteiger partial charge in [-0.05, 0) is 35.7 Å². The number of nitrogens with two attached hydrogens (primary N) is 1. The van der Waals surface area contributed by atoms with Gasteiger partial charge in [-0.3, -0.25) is 0 Å². The molecule has 0 aliphatic heterocycles. The van der Waals surface area contributed by atoms with Crippen LogP contribution in [0.2, 0.25) is 0 Å². The summed E-state index contributed by atoms with van der Waals surface area (Å²) < 4.78 is 2.04. The lowest BCUT2D eigenvalue weighted by Crippen LogP contribution is -2.22. The van der Waals surface area contributed by atoms with E-state index < -0.39 is 0 Å². The molecule has 114 valence electrons. The Bertz CT molecular complexity index is 602. The van der Waals surface area contributed by atoms with E-state index in [0.717, 1.165) is 11.4 Å². The van der Waals surface area contributed by atoms with Gasteiger partial charge in [0.1, 0.15) is 0 Å². The molecular formula is C16H23IN4. The van der Waals surface area contributed by atoms with Gasteiger partial charge in [0, 0.05) is 24.6 Å². The topological polar surface area (TPSA) is 55.3 Å². The SMILES string of the molecule is CC(C)c1cccc(NC(N)=NCc2cccn2C)c1.I. The minimum Gasteiger partial charge on any atom is -0.370 e. The van der Waals surface area contributed by atoms with E-state index in [1.54, 1.807) is 0 Å². The Hall–Kier alpha value is -1.50. The molecule has 5 heteroatoms. The van der Waals surface area contributed by atoms with Crippen LogP contribution in [0.4, 0.5) is 5.69 Å². The van der Waals surface area contributed by atoms with Crippen molar-refractivity contribution in [1.29, 1.82) is 0 Å². The Labute approximate surface area is 143 Å². The van der Waals surface area contributed by atoms with Crippen LogP contribution in [0.5, 0.6) is 0 Å². The summed E-state index contributed by atoms with van der Waals surface area (Å²) in [6.45, 7) is 4.92. The van der Waals surface area contributed by atoms with Gasteiger partial charge in [0.25, 0.3) is 0 Å². The number of rotatable bonds is 4. The molecule has 3 N–H and O–H groups in total. The van der Waals surface area contributed by atoms with Crippen LogP contribution in [-0.4, -0.2) is 10.5 Å². The van der Waals surface area contributed by atoms with Gasteiger partial charge in [0.2, 0.25) is 0 Å². The summed E-state index contributed by atoms with van der Waals surface area (Å²) in [4.78, 5) is 4.36. The summed E-state index contributed by atoms with van der Waals surface area (Å²) in [7, 11) is 2.00. The zero-order valence-electron chi connectivity index (χ0n) is 12.7. The third-order valence-corrected chi connectivity index (χ3v) is 3.29. The molecular weight excluding hydrogens is 375 g/mol. The number of hydrogen-bond acceptors (Lipinski definition) is 1. The van der Waals surface area contributed by atoms with Crippen LogP contribution in [0.1, 0.15) is 31.0 Å². The summed E-state index contributed by atoms with van der Waals surface area (Å²) in [5.74, 6) is 0.936. The standard InChI is InChI=1S/C16H22N4.HI/c1-12(2)13-6-4-7-14(10-13)19-16(17)18-11-15-8-5-9-20(15)3;/h4-10,12H,11H2,1-3H3,(H3,17,18,19);1H. The van der Waals surface area contributed by atoms with E-state index >= 15 is 0 Å². The monoisotopic (exact) mass is 398 g/mol. The molecule has 2 rings (SSSR count). The number of benzene rings is 1. The number of nitrogens with zero attached hydrogens (tertiary/aromatic N) is 2. The molecule has 0 fully saturated rings. The quantitative estimate of drug-likeness (QED) is 0.469. The summed E-state index contributed by atoms with van der Waals surface area (Å²) in [6.07, 6.45) is 2.00. The van der Waals surface area contributed by atoms with Crippen molar-refractivity contribution in [2.24, 2.45) is 17.8 Å². The molecule has 0 bridgehead atoms. The molecule has 2 aromatic rings. The number of anilines is 1. The molecule has 21 heavy (non-hydrogen) atoms. The number of guanidine groups is 1. The molecule has 1 aromatic carbocycles. The predicted octanol–water partition coefficient (Wildman–Crippen LogP) is 3.69. The van der Waals surface area contributed by atoms with Gasteiger partial charge in [-0.1, -0.05) is 26.0 Å². The van der Waals surface area contributed by atoms with Gasteiger partial charge in [0.05, 0.1) is 6.54 Å². The predicted molar refractivity (Wildman–Crippen MR) is 100 cm³/mol. The largest absolute Gasteiger partial charge is 0.370 e. The number of aliphatic imine (C=N–C) groups is 1. The third-order valence-electron chi connectivity index (χ3n) is 3.29. The lowest BCUT2D eigenvalue weighted by atomic mass is 10.0. The summed E-state index contributed by atoms with van der Waals surface area (Å²) in [5, 5.41) is 3.14. The highest BCUT2D eigenvalue weighted by atomic mass is 127. The first kappa shape index (κ1) is 17.6. The second-order valence-electron chi connectivity index (χ2n) is 5.22. The molecule has 0 atom stereocenters. The summed E-state index contributed by atoms with van der Waals surface area (Å²) in [5.41, 5.74) is 9.32. The number of nitrogens with one attached hydrogen (secondary N) is 1. The second kappa shape index (κ2) is 8.07. The molecule has 0 saturated heterocycles. The number of aryl methyl sites for hydroxylation is 1. The fourth-order valence-corrected chi connectivity index (χ4v) is 1.99.